The number of carboxylic acid groups (broad SMARTS) is 1. The summed E-state index contributed by atoms with van der Waals surface area (Å²) in [7, 11) is 1.56. The van der Waals surface area contributed by atoms with Gasteiger partial charge in [0.2, 0.25) is 0 Å². The Morgan fingerprint density at radius 1 is 1.29 bits per heavy atom. The minimum Gasteiger partial charge on any atom is -0.493 e. The molecular weight excluding hydrogens is 398 g/mol. The Morgan fingerprint density at radius 3 is 2.89 bits per heavy atom. The van der Waals surface area contributed by atoms with E-state index in [1.807, 2.05) is 23.9 Å². The number of methoxy groups -OCH3 is 1. The molecule has 2 N–H and O–H groups in total. The number of carboxylic acids is 1. The van der Waals surface area contributed by atoms with Crippen LogP contribution in [0.2, 0.25) is 0 Å². The Morgan fingerprint density at radius 2 is 2.11 bits per heavy atom. The van der Waals surface area contributed by atoms with Crippen LogP contribution in [-0.2, 0) is 4.79 Å². The van der Waals surface area contributed by atoms with Gasteiger partial charge in [0, 0.05) is 16.0 Å². The lowest BCUT2D eigenvalue weighted by Crippen LogP contribution is -2.33. The van der Waals surface area contributed by atoms with Crippen molar-refractivity contribution < 1.29 is 19.4 Å². The number of benzene rings is 1. The molecule has 0 saturated heterocycles. The Labute approximate surface area is 170 Å². The zero-order valence-electron chi connectivity index (χ0n) is 15.3. The van der Waals surface area contributed by atoms with Crippen molar-refractivity contribution >= 4 is 29.1 Å². The maximum atomic E-state index is 12.1. The average Bonchev–Trinajstić information content (AvgIpc) is 3.38. The molecule has 1 aromatic heterocycles. The highest BCUT2D eigenvalue weighted by molar-refractivity contribution is 8.00. The van der Waals surface area contributed by atoms with Gasteiger partial charge in [-0.25, -0.2) is 4.79 Å². The van der Waals surface area contributed by atoms with E-state index in [4.69, 9.17) is 14.6 Å². The number of ether oxygens (including phenoxy) is 2. The molecule has 2 aliphatic carbocycles. The molecule has 148 valence electrons. The lowest BCUT2D eigenvalue weighted by molar-refractivity contribution is -0.139. The number of fused-ring (bicyclic) bond motifs is 6. The molecule has 2 heterocycles. The fourth-order valence-corrected chi connectivity index (χ4v) is 8.25. The molecule has 28 heavy (non-hydrogen) atoms. The van der Waals surface area contributed by atoms with Gasteiger partial charge in [0.1, 0.15) is 0 Å². The highest BCUT2D eigenvalue weighted by Gasteiger charge is 2.54. The van der Waals surface area contributed by atoms with Crippen molar-refractivity contribution in [3.63, 3.8) is 0 Å². The largest absolute Gasteiger partial charge is 0.493 e. The van der Waals surface area contributed by atoms with Crippen molar-refractivity contribution in [2.45, 2.75) is 35.5 Å². The average molecular weight is 420 g/mol. The summed E-state index contributed by atoms with van der Waals surface area (Å²) < 4.78 is 10.8. The van der Waals surface area contributed by atoms with Crippen LogP contribution in [0.5, 0.6) is 11.5 Å². The van der Waals surface area contributed by atoms with E-state index < -0.39 is 12.6 Å². The summed E-state index contributed by atoms with van der Waals surface area (Å²) in [5.41, 5.74) is 1.11. The van der Waals surface area contributed by atoms with E-state index in [9.17, 15) is 9.59 Å². The van der Waals surface area contributed by atoms with Gasteiger partial charge in [0.05, 0.1) is 12.1 Å². The Bertz CT molecular complexity index is 983. The van der Waals surface area contributed by atoms with E-state index >= 15 is 0 Å². The molecule has 2 saturated carbocycles. The number of carbonyl (C=O) groups is 1. The van der Waals surface area contributed by atoms with Crippen LogP contribution in [0.3, 0.4) is 0 Å². The van der Waals surface area contributed by atoms with E-state index in [1.165, 1.54) is 30.6 Å². The van der Waals surface area contributed by atoms with E-state index in [0.717, 1.165) is 21.4 Å². The van der Waals surface area contributed by atoms with E-state index in [2.05, 4.69) is 4.98 Å². The van der Waals surface area contributed by atoms with E-state index in [1.54, 1.807) is 13.2 Å². The van der Waals surface area contributed by atoms with Gasteiger partial charge in [0.25, 0.3) is 0 Å². The normalized spacial score (nSPS) is 30.0. The zero-order chi connectivity index (χ0) is 19.4. The van der Waals surface area contributed by atoms with Gasteiger partial charge in [-0.3, -0.25) is 4.79 Å². The Balaban J connectivity index is 1.56. The topological polar surface area (TPSA) is 88.6 Å². The first kappa shape index (κ1) is 18.1. The molecular formula is C20H21NO5S2. The van der Waals surface area contributed by atoms with E-state index in [0.29, 0.717) is 28.6 Å². The van der Waals surface area contributed by atoms with Crippen molar-refractivity contribution in [1.29, 1.82) is 0 Å². The predicted molar refractivity (Wildman–Crippen MR) is 107 cm³/mol. The van der Waals surface area contributed by atoms with Crippen LogP contribution in [0.1, 0.15) is 35.6 Å². The summed E-state index contributed by atoms with van der Waals surface area (Å²) in [5.74, 6) is 2.06. The summed E-state index contributed by atoms with van der Waals surface area (Å²) in [4.78, 5) is 27.1. The molecule has 2 bridgehead atoms. The van der Waals surface area contributed by atoms with Crippen molar-refractivity contribution in [2.24, 2.45) is 17.8 Å². The van der Waals surface area contributed by atoms with Gasteiger partial charge < -0.3 is 19.6 Å². The number of aromatic nitrogens is 1. The number of aliphatic carboxylic acids is 1. The van der Waals surface area contributed by atoms with Crippen molar-refractivity contribution in [1.82, 2.24) is 4.98 Å². The molecule has 8 heteroatoms. The molecule has 0 unspecified atom stereocenters. The minimum absolute atomic E-state index is 0.00296. The maximum absolute atomic E-state index is 12.1. The quantitative estimate of drug-likeness (QED) is 0.770. The first-order valence-corrected chi connectivity index (χ1v) is 11.2. The molecule has 1 aromatic carbocycles. The number of H-pyrrole nitrogens is 1. The van der Waals surface area contributed by atoms with Crippen LogP contribution >= 0.6 is 23.1 Å². The van der Waals surface area contributed by atoms with Gasteiger partial charge in [-0.2, -0.15) is 0 Å². The van der Waals surface area contributed by atoms with Crippen LogP contribution in [-0.4, -0.2) is 35.0 Å². The summed E-state index contributed by atoms with van der Waals surface area (Å²) >= 11 is 3.19. The summed E-state index contributed by atoms with van der Waals surface area (Å²) in [6, 6.07) is 5.74. The molecule has 2 aromatic rings. The molecule has 1 aliphatic heterocycles. The number of nitrogens with one attached hydrogen (secondary N) is 1. The second-order valence-corrected chi connectivity index (χ2v) is 9.97. The fourth-order valence-electron chi connectivity index (χ4n) is 5.36. The molecule has 2 fully saturated rings. The number of thioether (sulfide) groups is 1. The highest BCUT2D eigenvalue weighted by atomic mass is 32.2. The van der Waals surface area contributed by atoms with Crippen LogP contribution in [0.25, 0.3) is 0 Å². The van der Waals surface area contributed by atoms with E-state index in [-0.39, 0.29) is 10.8 Å². The second kappa shape index (κ2) is 6.84. The molecule has 5 rings (SSSR count). The first-order chi connectivity index (χ1) is 13.5. The molecule has 5 atom stereocenters. The van der Waals surface area contributed by atoms with Gasteiger partial charge in [0.15, 0.2) is 18.1 Å². The number of hydrogen-bond acceptors (Lipinski definition) is 6. The van der Waals surface area contributed by atoms with Crippen molar-refractivity contribution in [3.8, 4) is 11.5 Å². The van der Waals surface area contributed by atoms with Crippen LogP contribution in [0, 0.1) is 17.8 Å². The monoisotopic (exact) mass is 419 g/mol. The lowest BCUT2D eigenvalue weighted by Gasteiger charge is -2.40. The van der Waals surface area contributed by atoms with Crippen LogP contribution < -0.4 is 14.3 Å². The Kier molecular flexibility index (Phi) is 4.43. The molecule has 0 spiro atoms. The number of hydrogen-bond donors (Lipinski definition) is 2. The first-order valence-electron chi connectivity index (χ1n) is 9.47. The minimum atomic E-state index is -1.03. The lowest BCUT2D eigenvalue weighted by atomic mass is 9.75. The van der Waals surface area contributed by atoms with Gasteiger partial charge >= 0.3 is 10.8 Å². The van der Waals surface area contributed by atoms with Crippen LogP contribution in [0.15, 0.2) is 28.0 Å². The summed E-state index contributed by atoms with van der Waals surface area (Å²) in [6.45, 7) is -0.409. The van der Waals surface area contributed by atoms with Crippen molar-refractivity contribution in [2.75, 3.05) is 13.7 Å². The second-order valence-electron chi connectivity index (χ2n) is 7.77. The predicted octanol–water partition coefficient (Wildman–Crippen LogP) is 3.56. The molecule has 6 nitrogen and oxygen atoms in total. The number of rotatable bonds is 5. The number of aromatic amines is 1. The maximum Gasteiger partial charge on any atom is 0.341 e. The molecule has 3 aliphatic rings. The van der Waals surface area contributed by atoms with Gasteiger partial charge in [-0.1, -0.05) is 17.4 Å². The highest BCUT2D eigenvalue weighted by Crippen LogP contribution is 2.63. The third kappa shape index (κ3) is 2.85. The number of thiazole rings is 1. The van der Waals surface area contributed by atoms with Crippen molar-refractivity contribution in [3.05, 3.63) is 38.3 Å². The fraction of sp³-hybridized carbons (Fsp3) is 0.500. The smallest absolute Gasteiger partial charge is 0.341 e. The Hall–Kier alpha value is -1.93. The third-order valence-electron chi connectivity index (χ3n) is 6.36. The van der Waals surface area contributed by atoms with Gasteiger partial charge in [-0.15, -0.1) is 11.8 Å². The molecule has 0 amide bonds. The van der Waals surface area contributed by atoms with Crippen LogP contribution in [0.4, 0.5) is 0 Å². The SMILES string of the molecule is COc1cc([C@@H]2c3sc(=O)[nH]c3S[C@H]3[C@@H]4CC[C@@H](C4)[C@H]23)ccc1OCC(=O)O. The summed E-state index contributed by atoms with van der Waals surface area (Å²) in [6.07, 6.45) is 3.85. The van der Waals surface area contributed by atoms with Gasteiger partial charge in [-0.05, 0) is 54.7 Å². The third-order valence-corrected chi connectivity index (χ3v) is 8.99. The molecule has 0 radical (unpaired) electrons. The zero-order valence-corrected chi connectivity index (χ0v) is 17.0. The standard InChI is InChI=1S/C20H21NO5S2/c1-25-13-7-10(4-5-12(13)26-8-14(22)23)16-15-9-2-3-11(6-9)17(15)27-19-18(16)28-20(24)21-19/h4-5,7,9,11,15-17H,2-3,6,8H2,1H3,(H,21,24)(H,22,23)/t9-,11+,15+,16-,17-/m0/s1. The summed E-state index contributed by atoms with van der Waals surface area (Å²) in [5, 5.41) is 10.4.